The summed E-state index contributed by atoms with van der Waals surface area (Å²) in [6.07, 6.45) is 2.56. The second-order valence-corrected chi connectivity index (χ2v) is 5.39. The summed E-state index contributed by atoms with van der Waals surface area (Å²) < 4.78 is 0. The van der Waals surface area contributed by atoms with Crippen molar-refractivity contribution < 1.29 is 0 Å². The molecule has 1 aliphatic heterocycles. The number of benzene rings is 1. The first-order valence-corrected chi connectivity index (χ1v) is 6.63. The van der Waals surface area contributed by atoms with Crippen molar-refractivity contribution in [2.45, 2.75) is 39.3 Å². The molecule has 1 N–H and O–H groups in total. The monoisotopic (exact) mass is 232 g/mol. The molecule has 0 atom stereocenters. The Morgan fingerprint density at radius 1 is 1.12 bits per heavy atom. The molecule has 1 aromatic carbocycles. The van der Waals surface area contributed by atoms with E-state index in [2.05, 4.69) is 49.3 Å². The fourth-order valence-electron chi connectivity index (χ4n) is 2.82. The van der Waals surface area contributed by atoms with Crippen LogP contribution in [0.4, 0.5) is 0 Å². The van der Waals surface area contributed by atoms with Crippen molar-refractivity contribution in [2.24, 2.45) is 0 Å². The van der Waals surface area contributed by atoms with Crippen LogP contribution in [0.2, 0.25) is 0 Å². The van der Waals surface area contributed by atoms with Crippen LogP contribution in [-0.2, 0) is 6.54 Å². The average molecular weight is 232 g/mol. The Morgan fingerprint density at radius 2 is 1.71 bits per heavy atom. The number of piperidine rings is 1. The van der Waals surface area contributed by atoms with E-state index in [1.54, 1.807) is 0 Å². The lowest BCUT2D eigenvalue weighted by Gasteiger charge is -2.31. The van der Waals surface area contributed by atoms with Crippen molar-refractivity contribution in [3.63, 3.8) is 0 Å². The van der Waals surface area contributed by atoms with Crippen molar-refractivity contribution in [1.82, 2.24) is 10.2 Å². The van der Waals surface area contributed by atoms with Gasteiger partial charge in [-0.05, 0) is 52.4 Å². The first-order chi connectivity index (χ1) is 8.15. The molecule has 0 aromatic heterocycles. The van der Waals surface area contributed by atoms with Gasteiger partial charge in [0.1, 0.15) is 0 Å². The number of nitrogens with one attached hydrogen (secondary N) is 1. The van der Waals surface area contributed by atoms with Crippen molar-refractivity contribution in [2.75, 3.05) is 20.1 Å². The van der Waals surface area contributed by atoms with Gasteiger partial charge in [0.25, 0.3) is 0 Å². The van der Waals surface area contributed by atoms with Crippen LogP contribution in [0, 0.1) is 13.8 Å². The van der Waals surface area contributed by atoms with Crippen LogP contribution in [-0.4, -0.2) is 31.1 Å². The standard InChI is InChI=1S/C15H24N2/c1-12-8-13(2)10-14(9-12)11-17(3)15-4-6-16-7-5-15/h8-10,15-16H,4-7,11H2,1-3H3. The third-order valence-electron chi connectivity index (χ3n) is 3.65. The average Bonchev–Trinajstić information content (AvgIpc) is 2.28. The van der Waals surface area contributed by atoms with Gasteiger partial charge in [0.05, 0.1) is 0 Å². The van der Waals surface area contributed by atoms with Gasteiger partial charge in [-0.2, -0.15) is 0 Å². The van der Waals surface area contributed by atoms with Crippen molar-refractivity contribution in [3.05, 3.63) is 34.9 Å². The van der Waals surface area contributed by atoms with Gasteiger partial charge in [-0.1, -0.05) is 29.3 Å². The maximum Gasteiger partial charge on any atom is 0.0233 e. The lowest BCUT2D eigenvalue weighted by atomic mass is 10.0. The largest absolute Gasteiger partial charge is 0.317 e. The lowest BCUT2D eigenvalue weighted by Crippen LogP contribution is -2.40. The molecule has 2 heteroatoms. The van der Waals surface area contributed by atoms with E-state index >= 15 is 0 Å². The zero-order valence-corrected chi connectivity index (χ0v) is 11.3. The van der Waals surface area contributed by atoms with E-state index in [1.807, 2.05) is 0 Å². The summed E-state index contributed by atoms with van der Waals surface area (Å²) in [4.78, 5) is 2.51. The quantitative estimate of drug-likeness (QED) is 0.861. The van der Waals surface area contributed by atoms with Crippen LogP contribution >= 0.6 is 0 Å². The van der Waals surface area contributed by atoms with Crippen LogP contribution in [0.1, 0.15) is 29.5 Å². The summed E-state index contributed by atoms with van der Waals surface area (Å²) in [6, 6.07) is 7.61. The van der Waals surface area contributed by atoms with E-state index in [0.29, 0.717) is 0 Å². The molecule has 1 aromatic rings. The summed E-state index contributed by atoms with van der Waals surface area (Å²) in [5.41, 5.74) is 4.20. The molecular formula is C15H24N2. The predicted octanol–water partition coefficient (Wildman–Crippen LogP) is 2.49. The smallest absolute Gasteiger partial charge is 0.0233 e. The molecule has 94 valence electrons. The first-order valence-electron chi connectivity index (χ1n) is 6.63. The number of hydrogen-bond acceptors (Lipinski definition) is 2. The summed E-state index contributed by atoms with van der Waals surface area (Å²) in [5.74, 6) is 0. The van der Waals surface area contributed by atoms with Gasteiger partial charge in [0, 0.05) is 12.6 Å². The highest BCUT2D eigenvalue weighted by Gasteiger charge is 2.17. The Hall–Kier alpha value is -0.860. The van der Waals surface area contributed by atoms with E-state index in [9.17, 15) is 0 Å². The van der Waals surface area contributed by atoms with E-state index in [-0.39, 0.29) is 0 Å². The number of nitrogens with zero attached hydrogens (tertiary/aromatic N) is 1. The molecule has 0 spiro atoms. The molecule has 1 fully saturated rings. The Bertz CT molecular complexity index is 347. The van der Waals surface area contributed by atoms with Gasteiger partial charge < -0.3 is 5.32 Å². The van der Waals surface area contributed by atoms with Crippen LogP contribution in [0.25, 0.3) is 0 Å². The number of aryl methyl sites for hydroxylation is 2. The molecule has 0 saturated carbocycles. The zero-order valence-electron chi connectivity index (χ0n) is 11.3. The normalized spacial score (nSPS) is 17.6. The highest BCUT2D eigenvalue weighted by molar-refractivity contribution is 5.28. The molecule has 0 unspecified atom stereocenters. The van der Waals surface area contributed by atoms with Gasteiger partial charge in [-0.25, -0.2) is 0 Å². The Morgan fingerprint density at radius 3 is 2.29 bits per heavy atom. The van der Waals surface area contributed by atoms with Gasteiger partial charge >= 0.3 is 0 Å². The lowest BCUT2D eigenvalue weighted by molar-refractivity contribution is 0.192. The fourth-order valence-corrected chi connectivity index (χ4v) is 2.82. The predicted molar refractivity (Wildman–Crippen MR) is 73.3 cm³/mol. The van der Waals surface area contributed by atoms with E-state index in [0.717, 1.165) is 12.6 Å². The Balaban J connectivity index is 1.99. The molecule has 2 rings (SSSR count). The van der Waals surface area contributed by atoms with Crippen LogP contribution < -0.4 is 5.32 Å². The zero-order chi connectivity index (χ0) is 12.3. The van der Waals surface area contributed by atoms with Crippen molar-refractivity contribution in [1.29, 1.82) is 0 Å². The SMILES string of the molecule is Cc1cc(C)cc(CN(C)C2CCNCC2)c1. The van der Waals surface area contributed by atoms with Gasteiger partial charge in [-0.15, -0.1) is 0 Å². The van der Waals surface area contributed by atoms with Crippen LogP contribution in [0.3, 0.4) is 0 Å². The van der Waals surface area contributed by atoms with Crippen molar-refractivity contribution in [3.8, 4) is 0 Å². The van der Waals surface area contributed by atoms with Gasteiger partial charge in [0.15, 0.2) is 0 Å². The van der Waals surface area contributed by atoms with Gasteiger partial charge in [0.2, 0.25) is 0 Å². The minimum atomic E-state index is 0.747. The van der Waals surface area contributed by atoms with Crippen LogP contribution in [0.15, 0.2) is 18.2 Å². The van der Waals surface area contributed by atoms with E-state index in [1.165, 1.54) is 42.6 Å². The molecule has 17 heavy (non-hydrogen) atoms. The van der Waals surface area contributed by atoms with E-state index in [4.69, 9.17) is 0 Å². The third-order valence-corrected chi connectivity index (χ3v) is 3.65. The number of hydrogen-bond donors (Lipinski definition) is 1. The summed E-state index contributed by atoms with van der Waals surface area (Å²) >= 11 is 0. The third kappa shape index (κ3) is 3.55. The minimum absolute atomic E-state index is 0.747. The first kappa shape index (κ1) is 12.6. The topological polar surface area (TPSA) is 15.3 Å². The Kier molecular flexibility index (Phi) is 4.19. The Labute approximate surface area is 105 Å². The number of rotatable bonds is 3. The summed E-state index contributed by atoms with van der Waals surface area (Å²) in [5, 5.41) is 3.43. The maximum absolute atomic E-state index is 3.43. The molecule has 0 amide bonds. The van der Waals surface area contributed by atoms with Crippen LogP contribution in [0.5, 0.6) is 0 Å². The molecule has 0 aliphatic carbocycles. The summed E-state index contributed by atoms with van der Waals surface area (Å²) in [7, 11) is 2.26. The molecule has 0 radical (unpaired) electrons. The second kappa shape index (κ2) is 5.65. The molecular weight excluding hydrogens is 208 g/mol. The molecule has 1 saturated heterocycles. The second-order valence-electron chi connectivity index (χ2n) is 5.39. The molecule has 2 nitrogen and oxygen atoms in total. The molecule has 1 aliphatic rings. The van der Waals surface area contributed by atoms with Crippen molar-refractivity contribution >= 4 is 0 Å². The fraction of sp³-hybridized carbons (Fsp3) is 0.600. The van der Waals surface area contributed by atoms with Gasteiger partial charge in [-0.3, -0.25) is 4.90 Å². The molecule has 1 heterocycles. The maximum atomic E-state index is 3.43. The molecule has 0 bridgehead atoms. The minimum Gasteiger partial charge on any atom is -0.317 e. The summed E-state index contributed by atoms with van der Waals surface area (Å²) in [6.45, 7) is 7.78. The highest BCUT2D eigenvalue weighted by Crippen LogP contribution is 2.15. The van der Waals surface area contributed by atoms with E-state index < -0.39 is 0 Å². The highest BCUT2D eigenvalue weighted by atomic mass is 15.1.